The van der Waals surface area contributed by atoms with E-state index in [9.17, 15) is 38.7 Å². The molecule has 0 radical (unpaired) electrons. The van der Waals surface area contributed by atoms with Gasteiger partial charge in [0.05, 0.1) is 54.7 Å². The molecule has 5 amide bonds. The third-order valence-corrected chi connectivity index (χ3v) is 12.4. The van der Waals surface area contributed by atoms with E-state index >= 15 is 4.39 Å². The van der Waals surface area contributed by atoms with Crippen molar-refractivity contribution in [3.8, 4) is 11.4 Å². The molecule has 8 N–H and O–H groups in total. The van der Waals surface area contributed by atoms with E-state index in [0.717, 1.165) is 22.1 Å². The molecule has 0 unspecified atom stereocenters. The molecule has 0 fully saturated rings. The van der Waals surface area contributed by atoms with Crippen molar-refractivity contribution in [2.24, 2.45) is 5.73 Å². The lowest BCUT2D eigenvalue weighted by molar-refractivity contribution is -0.172. The molecule has 0 saturated carbocycles. The number of hydrogen-bond donors (Lipinski definition) is 7. The summed E-state index contributed by atoms with van der Waals surface area (Å²) in [7, 11) is 0. The molecule has 18 heteroatoms. The summed E-state index contributed by atoms with van der Waals surface area (Å²) in [6.07, 6.45) is 3.63. The summed E-state index contributed by atoms with van der Waals surface area (Å²) in [6.45, 7) is 2.56. The lowest BCUT2D eigenvalue weighted by Crippen LogP contribution is -2.51. The van der Waals surface area contributed by atoms with E-state index in [1.807, 2.05) is 30.3 Å². The number of ether oxygens (including phenoxy) is 1. The van der Waals surface area contributed by atoms with Gasteiger partial charge in [-0.2, -0.15) is 0 Å². The van der Waals surface area contributed by atoms with Gasteiger partial charge in [0.15, 0.2) is 5.60 Å². The van der Waals surface area contributed by atoms with Crippen molar-refractivity contribution >= 4 is 46.4 Å². The van der Waals surface area contributed by atoms with Crippen molar-refractivity contribution in [3.05, 3.63) is 97.6 Å². The van der Waals surface area contributed by atoms with Gasteiger partial charge in [-0.1, -0.05) is 43.7 Å². The molecule has 7 rings (SSSR count). The summed E-state index contributed by atoms with van der Waals surface area (Å²) < 4.78 is 22.1. The Morgan fingerprint density at radius 1 is 0.969 bits per heavy atom. The third-order valence-electron chi connectivity index (χ3n) is 12.4. The zero-order valence-corrected chi connectivity index (χ0v) is 35.9. The van der Waals surface area contributed by atoms with Crippen LogP contribution in [0.2, 0.25) is 0 Å². The number of fused-ring (bicyclic) bond motifs is 5. The van der Waals surface area contributed by atoms with Crippen LogP contribution in [0.5, 0.6) is 0 Å². The normalized spacial score (nSPS) is 17.3. The topological polar surface area (TPSA) is 253 Å². The fraction of sp³-hybridized carbons (Fsp3) is 0.435. The van der Waals surface area contributed by atoms with Gasteiger partial charge in [0.25, 0.3) is 5.56 Å². The fourth-order valence-electron chi connectivity index (χ4n) is 8.85. The highest BCUT2D eigenvalue weighted by atomic mass is 19.1. The number of carbonyl (C=O) groups is 6. The number of cyclic esters (lactones) is 1. The lowest BCUT2D eigenvalue weighted by Gasteiger charge is -2.31. The van der Waals surface area contributed by atoms with Crippen LogP contribution in [-0.4, -0.2) is 82.4 Å². The SMILES string of the molecule is CC[C@@]1(O)C(=O)OCc2c1cc1n(c2=O)Cc2c-1nc1cc(F)c(C)c3c1c2[C@@H](NC(=O)CCCCCNC(=O)CNC(=O)[C@H](CCc1ccccc1)NC(=O)CNC(=O)CN)CC3. The van der Waals surface area contributed by atoms with Crippen molar-refractivity contribution in [2.45, 2.75) is 102 Å². The number of nitrogens with zero attached hydrogens (tertiary/aromatic N) is 2. The van der Waals surface area contributed by atoms with Crippen LogP contribution >= 0.6 is 0 Å². The van der Waals surface area contributed by atoms with Crippen molar-refractivity contribution in [1.82, 2.24) is 36.1 Å². The molecule has 0 spiro atoms. The Morgan fingerprint density at radius 3 is 2.48 bits per heavy atom. The van der Waals surface area contributed by atoms with E-state index in [2.05, 4.69) is 26.6 Å². The molecule has 1 aliphatic carbocycles. The number of nitrogens with one attached hydrogen (secondary N) is 5. The second-order valence-corrected chi connectivity index (χ2v) is 16.5. The lowest BCUT2D eigenvalue weighted by atomic mass is 9.81. The van der Waals surface area contributed by atoms with Crippen LogP contribution in [0.1, 0.15) is 96.9 Å². The zero-order chi connectivity index (χ0) is 45.7. The van der Waals surface area contributed by atoms with E-state index in [0.29, 0.717) is 73.1 Å². The molecule has 2 aromatic carbocycles. The molecule has 3 aliphatic rings. The predicted octanol–water partition coefficient (Wildman–Crippen LogP) is 1.62. The van der Waals surface area contributed by atoms with Crippen molar-refractivity contribution in [2.75, 3.05) is 26.2 Å². The van der Waals surface area contributed by atoms with Gasteiger partial charge in [0.1, 0.15) is 18.5 Å². The second-order valence-electron chi connectivity index (χ2n) is 16.5. The number of rotatable bonds is 18. The molecule has 64 heavy (non-hydrogen) atoms. The Hall–Kier alpha value is -6.53. The average Bonchev–Trinajstić information content (AvgIpc) is 3.66. The molecule has 338 valence electrons. The summed E-state index contributed by atoms with van der Waals surface area (Å²) >= 11 is 0. The molecular formula is C46H53FN8O9. The summed E-state index contributed by atoms with van der Waals surface area (Å²) in [4.78, 5) is 94.6. The first-order valence-corrected chi connectivity index (χ1v) is 21.7. The number of esters is 1. The Kier molecular flexibility index (Phi) is 13.8. The van der Waals surface area contributed by atoms with E-state index in [4.69, 9.17) is 15.5 Å². The Bertz CT molecular complexity index is 2580. The van der Waals surface area contributed by atoms with E-state index in [-0.39, 0.29) is 69.1 Å². The minimum Gasteiger partial charge on any atom is -0.458 e. The number of aryl methyl sites for hydroxylation is 2. The van der Waals surface area contributed by atoms with Crippen LogP contribution in [0.15, 0.2) is 47.3 Å². The molecule has 0 saturated heterocycles. The molecule has 2 aliphatic heterocycles. The van der Waals surface area contributed by atoms with Crippen LogP contribution in [0.3, 0.4) is 0 Å². The highest BCUT2D eigenvalue weighted by Crippen LogP contribution is 2.46. The van der Waals surface area contributed by atoms with Gasteiger partial charge in [-0.25, -0.2) is 14.2 Å². The Balaban J connectivity index is 0.934. The number of unbranched alkanes of at least 4 members (excludes halogenated alkanes) is 2. The number of amides is 5. The maximum atomic E-state index is 15.3. The molecule has 2 aromatic heterocycles. The first-order valence-electron chi connectivity index (χ1n) is 21.7. The maximum Gasteiger partial charge on any atom is 0.343 e. The highest BCUT2D eigenvalue weighted by Gasteiger charge is 2.46. The highest BCUT2D eigenvalue weighted by molar-refractivity contribution is 5.94. The summed E-state index contributed by atoms with van der Waals surface area (Å²) in [5.74, 6) is -3.51. The van der Waals surface area contributed by atoms with Crippen LogP contribution in [0, 0.1) is 12.7 Å². The predicted molar refractivity (Wildman–Crippen MR) is 232 cm³/mol. The molecule has 0 bridgehead atoms. The van der Waals surface area contributed by atoms with Crippen molar-refractivity contribution < 1.29 is 43.0 Å². The van der Waals surface area contributed by atoms with Crippen LogP contribution < -0.4 is 37.9 Å². The number of aliphatic hydroxyl groups is 1. The number of benzene rings is 2. The maximum absolute atomic E-state index is 15.3. The van der Waals surface area contributed by atoms with Gasteiger partial charge in [-0.15, -0.1) is 0 Å². The summed E-state index contributed by atoms with van der Waals surface area (Å²) in [5, 5.41) is 25.6. The number of hydrogen-bond acceptors (Lipinski definition) is 11. The standard InChI is InChI=1S/C46H53FN8O9/c1-3-46(63)30-18-35-42-28(23-55(35)44(61)29(30)24-64-45(46)62)41-32(16-14-27-25(2)31(47)19-34(54-42)40(27)41)52-36(56)12-8-5-9-17-49-38(58)21-51-43(60)33(15-13-26-10-6-4-7-11-26)53-39(59)22-50-37(57)20-48/h4,6-7,10-11,18-19,32-33,63H,3,5,8-9,12-17,20-24,48H2,1-2H3,(H,49,58)(H,50,57)(H,51,60)(H,52,56)(H,53,59)/t32-,33-,46-/m0/s1. The quantitative estimate of drug-likeness (QED) is 0.0492. The van der Waals surface area contributed by atoms with Crippen molar-refractivity contribution in [3.63, 3.8) is 0 Å². The number of pyridine rings is 2. The smallest absolute Gasteiger partial charge is 0.343 e. The molecule has 3 atom stereocenters. The van der Waals surface area contributed by atoms with Crippen LogP contribution in [0.25, 0.3) is 22.3 Å². The van der Waals surface area contributed by atoms with E-state index in [1.54, 1.807) is 19.9 Å². The minimum absolute atomic E-state index is 0.0110. The third kappa shape index (κ3) is 9.38. The van der Waals surface area contributed by atoms with Gasteiger partial charge in [0.2, 0.25) is 29.5 Å². The zero-order valence-electron chi connectivity index (χ0n) is 35.9. The number of nitrogens with two attached hydrogens (primary N) is 1. The number of aromatic nitrogens is 2. The average molecular weight is 881 g/mol. The van der Waals surface area contributed by atoms with Gasteiger partial charge in [-0.05, 0) is 80.2 Å². The second kappa shape index (κ2) is 19.5. The van der Waals surface area contributed by atoms with Crippen LogP contribution in [0.4, 0.5) is 4.39 Å². The van der Waals surface area contributed by atoms with Crippen LogP contribution in [-0.2, 0) is 65.1 Å². The van der Waals surface area contributed by atoms with Crippen molar-refractivity contribution in [1.29, 1.82) is 0 Å². The molecule has 4 heterocycles. The fourth-order valence-corrected chi connectivity index (χ4v) is 8.85. The first-order chi connectivity index (χ1) is 30.7. The molecular weight excluding hydrogens is 828 g/mol. The Labute approximate surface area is 368 Å². The number of halogens is 1. The minimum atomic E-state index is -2.00. The largest absolute Gasteiger partial charge is 0.458 e. The van der Waals surface area contributed by atoms with Gasteiger partial charge < -0.3 is 46.7 Å². The van der Waals surface area contributed by atoms with Gasteiger partial charge in [-0.3, -0.25) is 28.8 Å². The first kappa shape index (κ1) is 45.5. The van der Waals surface area contributed by atoms with Gasteiger partial charge in [0, 0.05) is 35.5 Å². The van der Waals surface area contributed by atoms with E-state index in [1.165, 1.54) is 10.6 Å². The van der Waals surface area contributed by atoms with E-state index < -0.39 is 58.7 Å². The summed E-state index contributed by atoms with van der Waals surface area (Å²) in [6, 6.07) is 11.0. The van der Waals surface area contributed by atoms with Gasteiger partial charge >= 0.3 is 5.97 Å². The monoisotopic (exact) mass is 880 g/mol. The molecule has 4 aromatic rings. The number of carbonyl (C=O) groups excluding carboxylic acids is 6. The Morgan fingerprint density at radius 2 is 1.73 bits per heavy atom. The molecule has 17 nitrogen and oxygen atoms in total. The summed E-state index contributed by atoms with van der Waals surface area (Å²) in [5.41, 5.74) is 8.16.